The summed E-state index contributed by atoms with van der Waals surface area (Å²) in [6.07, 6.45) is 4.67. The quantitative estimate of drug-likeness (QED) is 0.489. The Labute approximate surface area is 210 Å². The average molecular weight is 470 g/mol. The van der Waals surface area contributed by atoms with Gasteiger partial charge in [-0.25, -0.2) is 0 Å². The van der Waals surface area contributed by atoms with Crippen LogP contribution in [0.2, 0.25) is 0 Å². The maximum atomic E-state index is 13.0. The Morgan fingerprint density at radius 2 is 1.57 bits per heavy atom. The van der Waals surface area contributed by atoms with Crippen LogP contribution in [0.4, 0.5) is 0 Å². The second kappa shape index (κ2) is 11.4. The zero-order valence-electron chi connectivity index (χ0n) is 21.1. The van der Waals surface area contributed by atoms with E-state index in [1.165, 1.54) is 53.4 Å². The molecule has 2 aliphatic heterocycles. The summed E-state index contributed by atoms with van der Waals surface area (Å²) >= 11 is 0. The van der Waals surface area contributed by atoms with E-state index in [0.29, 0.717) is 6.54 Å². The lowest BCUT2D eigenvalue weighted by molar-refractivity contribution is -0.126. The summed E-state index contributed by atoms with van der Waals surface area (Å²) in [6.45, 7) is 9.22. The van der Waals surface area contributed by atoms with E-state index in [0.717, 1.165) is 44.9 Å². The molecule has 0 aromatic heterocycles. The van der Waals surface area contributed by atoms with Gasteiger partial charge < -0.3 is 5.32 Å². The monoisotopic (exact) mass is 469 g/mol. The highest BCUT2D eigenvalue weighted by Crippen LogP contribution is 2.24. The summed E-state index contributed by atoms with van der Waals surface area (Å²) in [5.74, 6) is 1.13. The van der Waals surface area contributed by atoms with Crippen LogP contribution in [0, 0.1) is 11.8 Å². The number of carbonyl (C=O) groups excluding carboxylic acids is 1. The number of hydrogen-bond donors (Lipinski definition) is 1. The highest BCUT2D eigenvalue weighted by Gasteiger charge is 2.26. The molecule has 3 aromatic carbocycles. The molecule has 4 nitrogen and oxygen atoms in total. The third-order valence-electron chi connectivity index (χ3n) is 7.92. The van der Waals surface area contributed by atoms with Crippen LogP contribution in [-0.2, 0) is 24.4 Å². The average Bonchev–Trinajstić information content (AvgIpc) is 2.90. The van der Waals surface area contributed by atoms with Crippen LogP contribution in [0.3, 0.4) is 0 Å². The van der Waals surface area contributed by atoms with Crippen molar-refractivity contribution >= 4 is 16.7 Å². The Morgan fingerprint density at radius 3 is 2.40 bits per heavy atom. The predicted octanol–water partition coefficient (Wildman–Crippen LogP) is 5.60. The molecule has 184 valence electrons. The van der Waals surface area contributed by atoms with Gasteiger partial charge in [-0.3, -0.25) is 14.6 Å². The van der Waals surface area contributed by atoms with Gasteiger partial charge in [0.05, 0.1) is 5.92 Å². The lowest BCUT2D eigenvalue weighted by atomic mass is 9.96. The van der Waals surface area contributed by atoms with Crippen LogP contribution in [0.25, 0.3) is 10.8 Å². The van der Waals surface area contributed by atoms with E-state index in [-0.39, 0.29) is 11.8 Å². The van der Waals surface area contributed by atoms with Gasteiger partial charge in [-0.15, -0.1) is 0 Å². The molecule has 3 aromatic rings. The molecule has 2 aliphatic rings. The van der Waals surface area contributed by atoms with E-state index in [2.05, 4.69) is 88.8 Å². The zero-order chi connectivity index (χ0) is 24.0. The fraction of sp³-hybridized carbons (Fsp3) is 0.452. The molecule has 1 amide bonds. The van der Waals surface area contributed by atoms with E-state index in [1.807, 2.05) is 0 Å². The normalized spacial score (nSPS) is 20.2. The van der Waals surface area contributed by atoms with Crippen LogP contribution < -0.4 is 5.32 Å². The van der Waals surface area contributed by atoms with Gasteiger partial charge in [0.1, 0.15) is 0 Å². The number of nitrogens with zero attached hydrogens (tertiary/aromatic N) is 2. The van der Waals surface area contributed by atoms with Crippen molar-refractivity contribution in [3.05, 3.63) is 83.4 Å². The zero-order valence-corrected chi connectivity index (χ0v) is 21.1. The summed E-state index contributed by atoms with van der Waals surface area (Å²) in [5, 5.41) is 5.82. The Balaban J connectivity index is 1.11. The third-order valence-corrected chi connectivity index (χ3v) is 7.92. The number of rotatable bonds is 7. The van der Waals surface area contributed by atoms with Crippen molar-refractivity contribution in [1.29, 1.82) is 0 Å². The molecular weight excluding hydrogens is 430 g/mol. The number of fused-ring (bicyclic) bond motifs is 1. The Kier molecular flexibility index (Phi) is 7.80. The molecule has 0 spiro atoms. The minimum atomic E-state index is 0.0690. The van der Waals surface area contributed by atoms with Crippen molar-refractivity contribution in [2.75, 3.05) is 26.2 Å². The molecule has 0 radical (unpaired) electrons. The first-order chi connectivity index (χ1) is 17.1. The lowest BCUT2D eigenvalue weighted by Crippen LogP contribution is -2.42. The molecule has 2 saturated heterocycles. The first kappa shape index (κ1) is 24.0. The SMILES string of the molecule is CC1CCN(Cc2ccc(CNC(=O)C3CCCN(Cc4cccc5ccccc45)C3)cc2)CC1. The molecule has 1 atom stereocenters. The van der Waals surface area contributed by atoms with E-state index >= 15 is 0 Å². The number of amides is 1. The van der Waals surface area contributed by atoms with Crippen molar-refractivity contribution < 1.29 is 4.79 Å². The van der Waals surface area contributed by atoms with Crippen molar-refractivity contribution in [2.24, 2.45) is 11.8 Å². The van der Waals surface area contributed by atoms with Crippen LogP contribution in [0.1, 0.15) is 49.3 Å². The maximum absolute atomic E-state index is 13.0. The van der Waals surface area contributed by atoms with Crippen molar-refractivity contribution in [3.63, 3.8) is 0 Å². The summed E-state index contributed by atoms with van der Waals surface area (Å²) in [5.41, 5.74) is 3.90. The van der Waals surface area contributed by atoms with Crippen LogP contribution in [0.15, 0.2) is 66.7 Å². The molecule has 0 bridgehead atoms. The van der Waals surface area contributed by atoms with E-state index in [9.17, 15) is 4.79 Å². The first-order valence-corrected chi connectivity index (χ1v) is 13.4. The van der Waals surface area contributed by atoms with Crippen molar-refractivity contribution in [3.8, 4) is 0 Å². The van der Waals surface area contributed by atoms with Gasteiger partial charge in [0.25, 0.3) is 0 Å². The number of carbonyl (C=O) groups is 1. The molecule has 2 fully saturated rings. The highest BCUT2D eigenvalue weighted by atomic mass is 16.1. The van der Waals surface area contributed by atoms with E-state index in [4.69, 9.17) is 0 Å². The van der Waals surface area contributed by atoms with Crippen molar-refractivity contribution in [1.82, 2.24) is 15.1 Å². The van der Waals surface area contributed by atoms with Gasteiger partial charge >= 0.3 is 0 Å². The molecule has 0 aliphatic carbocycles. The molecule has 4 heteroatoms. The standard InChI is InChI=1S/C31H39N3O/c1-24-15-18-33(19-16-24)21-26-13-11-25(12-14-26)20-32-31(35)29-9-5-17-34(23-29)22-28-8-4-7-27-6-2-3-10-30(27)28/h2-4,6-8,10-14,24,29H,5,9,15-23H2,1H3,(H,32,35). The third kappa shape index (κ3) is 6.31. The second-order valence-electron chi connectivity index (χ2n) is 10.7. The Hall–Kier alpha value is -2.69. The summed E-state index contributed by atoms with van der Waals surface area (Å²) in [7, 11) is 0. The minimum Gasteiger partial charge on any atom is -0.352 e. The topological polar surface area (TPSA) is 35.6 Å². The Morgan fingerprint density at radius 1 is 0.829 bits per heavy atom. The van der Waals surface area contributed by atoms with E-state index in [1.54, 1.807) is 0 Å². The number of likely N-dealkylation sites (tertiary alicyclic amines) is 2. The Bertz CT molecular complexity index is 1110. The number of benzene rings is 3. The molecule has 5 rings (SSSR count). The van der Waals surface area contributed by atoms with Crippen LogP contribution >= 0.6 is 0 Å². The van der Waals surface area contributed by atoms with Crippen LogP contribution in [0.5, 0.6) is 0 Å². The summed E-state index contributed by atoms with van der Waals surface area (Å²) in [4.78, 5) is 18.0. The largest absolute Gasteiger partial charge is 0.352 e. The fourth-order valence-corrected chi connectivity index (χ4v) is 5.66. The fourth-order valence-electron chi connectivity index (χ4n) is 5.66. The molecule has 1 N–H and O–H groups in total. The van der Waals surface area contributed by atoms with Gasteiger partial charge in [-0.2, -0.15) is 0 Å². The molecule has 35 heavy (non-hydrogen) atoms. The lowest BCUT2D eigenvalue weighted by Gasteiger charge is -2.32. The minimum absolute atomic E-state index is 0.0690. The first-order valence-electron chi connectivity index (χ1n) is 13.4. The number of nitrogens with one attached hydrogen (secondary N) is 1. The molecule has 0 saturated carbocycles. The van der Waals surface area contributed by atoms with Gasteiger partial charge in [0.2, 0.25) is 5.91 Å². The van der Waals surface area contributed by atoms with Gasteiger partial charge in [0.15, 0.2) is 0 Å². The predicted molar refractivity (Wildman–Crippen MR) is 144 cm³/mol. The smallest absolute Gasteiger partial charge is 0.224 e. The van der Waals surface area contributed by atoms with Gasteiger partial charge in [-0.05, 0) is 78.7 Å². The highest BCUT2D eigenvalue weighted by molar-refractivity contribution is 5.85. The van der Waals surface area contributed by atoms with Gasteiger partial charge in [-0.1, -0.05) is 73.7 Å². The maximum Gasteiger partial charge on any atom is 0.224 e. The van der Waals surface area contributed by atoms with Crippen molar-refractivity contribution in [2.45, 2.75) is 52.2 Å². The molecule has 2 heterocycles. The molecule has 1 unspecified atom stereocenters. The van der Waals surface area contributed by atoms with Gasteiger partial charge in [0, 0.05) is 26.2 Å². The summed E-state index contributed by atoms with van der Waals surface area (Å²) in [6, 6.07) is 23.9. The van der Waals surface area contributed by atoms with E-state index < -0.39 is 0 Å². The molecular formula is C31H39N3O. The number of hydrogen-bond acceptors (Lipinski definition) is 3. The second-order valence-corrected chi connectivity index (χ2v) is 10.7. The van der Waals surface area contributed by atoms with Crippen LogP contribution in [-0.4, -0.2) is 41.9 Å². The number of piperidine rings is 2. The summed E-state index contributed by atoms with van der Waals surface area (Å²) < 4.78 is 0.